The number of rotatable bonds is 4. The number of carbonyl (C=O) groups is 1. The van der Waals surface area contributed by atoms with Crippen LogP contribution in [0.2, 0.25) is 0 Å². The summed E-state index contributed by atoms with van der Waals surface area (Å²) in [6.45, 7) is 0. The van der Waals surface area contributed by atoms with Gasteiger partial charge >= 0.3 is 5.97 Å². The predicted molar refractivity (Wildman–Crippen MR) is 108 cm³/mol. The lowest BCUT2D eigenvalue weighted by atomic mass is 10.1. The number of fused-ring (bicyclic) bond motifs is 1. The molecule has 0 amide bonds. The van der Waals surface area contributed by atoms with E-state index in [-0.39, 0.29) is 5.75 Å². The van der Waals surface area contributed by atoms with Gasteiger partial charge in [0.15, 0.2) is 5.82 Å². The van der Waals surface area contributed by atoms with E-state index in [1.165, 1.54) is 7.11 Å². The molecule has 138 valence electrons. The highest BCUT2D eigenvalue weighted by molar-refractivity contribution is 5.94. The standard InChI is InChI=1S/C22H17N3O3/c1-28-22(27)14-7-6-8-15(13-14)23-20-16-9-2-4-11-18(16)24-21(25-20)17-10-3-5-12-19(17)26/h2-13,26H,1H3,(H,23,24,25). The third-order valence-corrected chi connectivity index (χ3v) is 4.29. The molecule has 0 aliphatic rings. The fourth-order valence-corrected chi connectivity index (χ4v) is 2.93. The Hall–Kier alpha value is -3.93. The summed E-state index contributed by atoms with van der Waals surface area (Å²) in [5.41, 5.74) is 2.41. The van der Waals surface area contributed by atoms with Gasteiger partial charge in [-0.1, -0.05) is 30.3 Å². The number of para-hydroxylation sites is 2. The van der Waals surface area contributed by atoms with Crippen molar-refractivity contribution in [3.05, 3.63) is 78.4 Å². The molecule has 6 nitrogen and oxygen atoms in total. The van der Waals surface area contributed by atoms with Crippen molar-refractivity contribution in [2.24, 2.45) is 0 Å². The smallest absolute Gasteiger partial charge is 0.337 e. The van der Waals surface area contributed by atoms with Crippen LogP contribution in [0.25, 0.3) is 22.3 Å². The molecule has 0 spiro atoms. The normalized spacial score (nSPS) is 10.6. The highest BCUT2D eigenvalue weighted by atomic mass is 16.5. The summed E-state index contributed by atoms with van der Waals surface area (Å²) in [4.78, 5) is 21.0. The van der Waals surface area contributed by atoms with Crippen LogP contribution in [0.1, 0.15) is 10.4 Å². The van der Waals surface area contributed by atoms with Crippen molar-refractivity contribution in [1.82, 2.24) is 9.97 Å². The number of hydrogen-bond acceptors (Lipinski definition) is 6. The average molecular weight is 371 g/mol. The van der Waals surface area contributed by atoms with Crippen LogP contribution in [-0.2, 0) is 4.74 Å². The van der Waals surface area contributed by atoms with Crippen LogP contribution in [0, 0.1) is 0 Å². The van der Waals surface area contributed by atoms with Crippen molar-refractivity contribution in [2.45, 2.75) is 0 Å². The molecule has 0 saturated carbocycles. The Bertz CT molecular complexity index is 1170. The maximum atomic E-state index is 11.8. The van der Waals surface area contributed by atoms with Crippen molar-refractivity contribution in [1.29, 1.82) is 0 Å². The highest BCUT2D eigenvalue weighted by Gasteiger charge is 2.13. The molecule has 1 aromatic heterocycles. The molecular weight excluding hydrogens is 354 g/mol. The SMILES string of the molecule is COC(=O)c1cccc(Nc2nc(-c3ccccc3O)nc3ccccc23)c1. The molecule has 6 heteroatoms. The average Bonchev–Trinajstić information content (AvgIpc) is 2.73. The molecule has 0 radical (unpaired) electrons. The van der Waals surface area contributed by atoms with E-state index >= 15 is 0 Å². The van der Waals surface area contributed by atoms with Gasteiger partial charge in [-0.05, 0) is 42.5 Å². The van der Waals surface area contributed by atoms with Gasteiger partial charge in [-0.15, -0.1) is 0 Å². The number of phenolic OH excluding ortho intramolecular Hbond substituents is 1. The first-order valence-electron chi connectivity index (χ1n) is 8.66. The molecule has 0 unspecified atom stereocenters. The summed E-state index contributed by atoms with van der Waals surface area (Å²) in [7, 11) is 1.35. The summed E-state index contributed by atoms with van der Waals surface area (Å²) in [5.74, 6) is 0.678. The van der Waals surface area contributed by atoms with Crippen LogP contribution in [0.4, 0.5) is 11.5 Å². The minimum Gasteiger partial charge on any atom is -0.507 e. The Morgan fingerprint density at radius 3 is 2.57 bits per heavy atom. The van der Waals surface area contributed by atoms with Crippen molar-refractivity contribution in [3.63, 3.8) is 0 Å². The lowest BCUT2D eigenvalue weighted by Crippen LogP contribution is -2.03. The lowest BCUT2D eigenvalue weighted by molar-refractivity contribution is 0.0601. The second kappa shape index (κ2) is 7.36. The Morgan fingerprint density at radius 2 is 1.75 bits per heavy atom. The van der Waals surface area contributed by atoms with Crippen LogP contribution in [0.3, 0.4) is 0 Å². The summed E-state index contributed by atoms with van der Waals surface area (Å²) < 4.78 is 4.78. The van der Waals surface area contributed by atoms with E-state index in [9.17, 15) is 9.90 Å². The number of nitrogens with one attached hydrogen (secondary N) is 1. The van der Waals surface area contributed by atoms with Gasteiger partial charge in [-0.25, -0.2) is 14.8 Å². The number of anilines is 2. The Labute approximate surface area is 161 Å². The van der Waals surface area contributed by atoms with Crippen LogP contribution in [0.5, 0.6) is 5.75 Å². The molecule has 28 heavy (non-hydrogen) atoms. The molecule has 0 saturated heterocycles. The van der Waals surface area contributed by atoms with E-state index in [2.05, 4.69) is 15.3 Å². The second-order valence-corrected chi connectivity index (χ2v) is 6.13. The first-order valence-corrected chi connectivity index (χ1v) is 8.66. The number of hydrogen-bond donors (Lipinski definition) is 2. The van der Waals surface area contributed by atoms with Crippen molar-refractivity contribution >= 4 is 28.4 Å². The van der Waals surface area contributed by atoms with Gasteiger partial charge in [-0.2, -0.15) is 0 Å². The van der Waals surface area contributed by atoms with E-state index in [0.717, 1.165) is 10.9 Å². The third kappa shape index (κ3) is 3.35. The largest absolute Gasteiger partial charge is 0.507 e. The fourth-order valence-electron chi connectivity index (χ4n) is 2.93. The number of aromatic nitrogens is 2. The second-order valence-electron chi connectivity index (χ2n) is 6.13. The molecule has 0 aliphatic heterocycles. The summed E-state index contributed by atoms with van der Waals surface area (Å²) in [6.07, 6.45) is 0. The summed E-state index contributed by atoms with van der Waals surface area (Å²) >= 11 is 0. The summed E-state index contributed by atoms with van der Waals surface area (Å²) in [6, 6.07) is 21.5. The lowest BCUT2D eigenvalue weighted by Gasteiger charge is -2.12. The highest BCUT2D eigenvalue weighted by Crippen LogP contribution is 2.31. The van der Waals surface area contributed by atoms with Crippen LogP contribution < -0.4 is 5.32 Å². The number of aromatic hydroxyl groups is 1. The molecule has 2 N–H and O–H groups in total. The van der Waals surface area contributed by atoms with Crippen molar-refractivity contribution < 1.29 is 14.6 Å². The first-order chi connectivity index (χ1) is 13.7. The van der Waals surface area contributed by atoms with Gasteiger partial charge in [0.05, 0.1) is 23.8 Å². The van der Waals surface area contributed by atoms with Gasteiger partial charge in [0.25, 0.3) is 0 Å². The molecule has 0 aliphatic carbocycles. The van der Waals surface area contributed by atoms with Crippen LogP contribution in [0.15, 0.2) is 72.8 Å². The van der Waals surface area contributed by atoms with E-state index in [1.54, 1.807) is 36.4 Å². The van der Waals surface area contributed by atoms with Gasteiger partial charge < -0.3 is 15.2 Å². The zero-order valence-electron chi connectivity index (χ0n) is 15.1. The zero-order chi connectivity index (χ0) is 19.5. The monoisotopic (exact) mass is 371 g/mol. The Kier molecular flexibility index (Phi) is 4.60. The van der Waals surface area contributed by atoms with E-state index in [4.69, 9.17) is 4.74 Å². The van der Waals surface area contributed by atoms with E-state index in [1.807, 2.05) is 36.4 Å². The number of carbonyl (C=O) groups excluding carboxylic acids is 1. The third-order valence-electron chi connectivity index (χ3n) is 4.29. The van der Waals surface area contributed by atoms with Crippen molar-refractivity contribution in [2.75, 3.05) is 12.4 Å². The number of ether oxygens (including phenoxy) is 1. The fraction of sp³-hybridized carbons (Fsp3) is 0.0455. The first kappa shape index (κ1) is 17.5. The number of nitrogens with zero attached hydrogens (tertiary/aromatic N) is 2. The number of methoxy groups -OCH3 is 1. The van der Waals surface area contributed by atoms with Gasteiger partial charge in [-0.3, -0.25) is 0 Å². The molecule has 3 aromatic carbocycles. The molecular formula is C22H17N3O3. The van der Waals surface area contributed by atoms with Crippen molar-refractivity contribution in [3.8, 4) is 17.1 Å². The van der Waals surface area contributed by atoms with Crippen LogP contribution in [-0.4, -0.2) is 28.2 Å². The quantitative estimate of drug-likeness (QED) is 0.513. The van der Waals surface area contributed by atoms with Crippen LogP contribution >= 0.6 is 0 Å². The van der Waals surface area contributed by atoms with Gasteiger partial charge in [0, 0.05) is 11.1 Å². The van der Waals surface area contributed by atoms with Gasteiger partial charge in [0.1, 0.15) is 11.6 Å². The number of phenols is 1. The Balaban J connectivity index is 1.82. The topological polar surface area (TPSA) is 84.3 Å². The minimum atomic E-state index is -0.411. The molecule has 1 heterocycles. The molecule has 0 fully saturated rings. The Morgan fingerprint density at radius 1 is 0.964 bits per heavy atom. The van der Waals surface area contributed by atoms with E-state index < -0.39 is 5.97 Å². The molecule has 0 atom stereocenters. The number of benzene rings is 3. The molecule has 4 aromatic rings. The summed E-state index contributed by atoms with van der Waals surface area (Å²) in [5, 5.41) is 14.3. The van der Waals surface area contributed by atoms with Gasteiger partial charge in [0.2, 0.25) is 0 Å². The number of esters is 1. The maximum Gasteiger partial charge on any atom is 0.337 e. The molecule has 4 rings (SSSR count). The minimum absolute atomic E-state index is 0.108. The predicted octanol–water partition coefficient (Wildman–Crippen LogP) is 4.53. The maximum absolute atomic E-state index is 11.8. The van der Waals surface area contributed by atoms with E-state index in [0.29, 0.717) is 28.5 Å². The molecule has 0 bridgehead atoms. The zero-order valence-corrected chi connectivity index (χ0v) is 15.1.